The molecule has 16 heavy (non-hydrogen) atoms. The Balaban J connectivity index is 2.52. The largest absolute Gasteiger partial charge is 0.452 e. The molecule has 4 heteroatoms. The summed E-state index contributed by atoms with van der Waals surface area (Å²) < 4.78 is 10.7. The number of esters is 1. The Morgan fingerprint density at radius 3 is 2.75 bits per heavy atom. The van der Waals surface area contributed by atoms with Gasteiger partial charge in [-0.05, 0) is 6.07 Å². The summed E-state index contributed by atoms with van der Waals surface area (Å²) >= 11 is 0. The number of rotatable bonds is 2. The van der Waals surface area contributed by atoms with Crippen LogP contribution < -0.4 is 4.74 Å². The summed E-state index contributed by atoms with van der Waals surface area (Å²) in [6.07, 6.45) is 1.01. The Bertz CT molecular complexity index is 448. The van der Waals surface area contributed by atoms with Gasteiger partial charge >= 0.3 is 5.97 Å². The molecule has 0 aromatic heterocycles. The van der Waals surface area contributed by atoms with Crippen LogP contribution in [-0.4, -0.2) is 18.0 Å². The van der Waals surface area contributed by atoms with E-state index in [1.165, 1.54) is 0 Å². The van der Waals surface area contributed by atoms with Crippen molar-refractivity contribution in [3.05, 3.63) is 29.3 Å². The summed E-state index contributed by atoms with van der Waals surface area (Å²) in [6.45, 7) is 3.32. The number of cyclic esters (lactones) is 1. The molecule has 1 aliphatic heterocycles. The van der Waals surface area contributed by atoms with Crippen LogP contribution in [0.1, 0.15) is 29.8 Å². The highest BCUT2D eigenvalue weighted by Crippen LogP contribution is 2.34. The fourth-order valence-corrected chi connectivity index (χ4v) is 1.66. The van der Waals surface area contributed by atoms with Crippen molar-refractivity contribution in [3.8, 4) is 5.75 Å². The van der Waals surface area contributed by atoms with Crippen LogP contribution in [0.5, 0.6) is 5.75 Å². The maximum atomic E-state index is 11.7. The van der Waals surface area contributed by atoms with Crippen molar-refractivity contribution in [1.82, 2.24) is 0 Å². The minimum atomic E-state index is -0.983. The van der Waals surface area contributed by atoms with E-state index < -0.39 is 11.8 Å². The first kappa shape index (κ1) is 10.7. The quantitative estimate of drug-likeness (QED) is 0.562. The number of carbonyl (C=O) groups is 2. The molecule has 1 aliphatic rings. The van der Waals surface area contributed by atoms with Gasteiger partial charge in [0.1, 0.15) is 17.6 Å². The molecule has 4 nitrogen and oxygen atoms in total. The van der Waals surface area contributed by atoms with Gasteiger partial charge in [0, 0.05) is 25.8 Å². The van der Waals surface area contributed by atoms with Crippen LogP contribution in [0.4, 0.5) is 0 Å². The zero-order chi connectivity index (χ0) is 11.8. The Morgan fingerprint density at radius 1 is 1.31 bits per heavy atom. The van der Waals surface area contributed by atoms with Crippen LogP contribution in [0.25, 0.3) is 0 Å². The lowest BCUT2D eigenvalue weighted by Gasteiger charge is -2.32. The Morgan fingerprint density at radius 2 is 2.06 bits per heavy atom. The zero-order valence-corrected chi connectivity index (χ0v) is 9.15. The van der Waals surface area contributed by atoms with Crippen molar-refractivity contribution in [2.45, 2.75) is 26.1 Å². The summed E-state index contributed by atoms with van der Waals surface area (Å²) in [5, 5.41) is 0. The molecule has 0 radical (unpaired) electrons. The van der Waals surface area contributed by atoms with E-state index in [1.807, 2.05) is 0 Å². The molecule has 1 aromatic rings. The SMILES string of the molecule is CC1(C)OC(=O)c2cccc(CC=O)c2O1. The van der Waals surface area contributed by atoms with Crippen LogP contribution in [-0.2, 0) is 16.0 Å². The third-order valence-electron chi connectivity index (χ3n) is 2.31. The van der Waals surface area contributed by atoms with Gasteiger partial charge in [0.15, 0.2) is 0 Å². The molecule has 84 valence electrons. The fourth-order valence-electron chi connectivity index (χ4n) is 1.66. The molecule has 0 spiro atoms. The lowest BCUT2D eigenvalue weighted by molar-refractivity contribution is -0.128. The first-order valence-electron chi connectivity index (χ1n) is 5.01. The molecule has 0 unspecified atom stereocenters. The summed E-state index contributed by atoms with van der Waals surface area (Å²) in [5.74, 6) is -0.946. The Hall–Kier alpha value is -1.84. The molecule has 0 fully saturated rings. The normalized spacial score (nSPS) is 17.0. The standard InChI is InChI=1S/C12H12O4/c1-12(2)15-10-8(6-7-13)4-3-5-9(10)11(14)16-12/h3-5,7H,6H2,1-2H3. The summed E-state index contributed by atoms with van der Waals surface area (Å²) in [4.78, 5) is 22.2. The van der Waals surface area contributed by atoms with Gasteiger partial charge < -0.3 is 14.3 Å². The third kappa shape index (κ3) is 1.78. The van der Waals surface area contributed by atoms with Crippen molar-refractivity contribution in [1.29, 1.82) is 0 Å². The molecule has 0 N–H and O–H groups in total. The Kier molecular flexibility index (Phi) is 2.42. The predicted octanol–water partition coefficient (Wildman–Crippen LogP) is 1.71. The molecule has 0 bridgehead atoms. The van der Waals surface area contributed by atoms with E-state index in [-0.39, 0.29) is 6.42 Å². The number of ether oxygens (including phenoxy) is 2. The zero-order valence-electron chi connectivity index (χ0n) is 9.15. The summed E-state index contributed by atoms with van der Waals surface area (Å²) in [5.41, 5.74) is 1.08. The highest BCUT2D eigenvalue weighted by atomic mass is 16.7. The van der Waals surface area contributed by atoms with Crippen molar-refractivity contribution in [3.63, 3.8) is 0 Å². The van der Waals surface area contributed by atoms with E-state index in [4.69, 9.17) is 9.47 Å². The van der Waals surface area contributed by atoms with Gasteiger partial charge in [0.2, 0.25) is 5.79 Å². The first-order valence-corrected chi connectivity index (χ1v) is 5.01. The maximum Gasteiger partial charge on any atom is 0.345 e. The van der Waals surface area contributed by atoms with E-state index >= 15 is 0 Å². The van der Waals surface area contributed by atoms with Gasteiger partial charge in [-0.25, -0.2) is 4.79 Å². The number of aldehydes is 1. The van der Waals surface area contributed by atoms with Crippen molar-refractivity contribution < 1.29 is 19.1 Å². The summed E-state index contributed by atoms with van der Waals surface area (Å²) in [7, 11) is 0. The molecule has 0 saturated carbocycles. The molecule has 0 saturated heterocycles. The van der Waals surface area contributed by atoms with Crippen LogP contribution in [0, 0.1) is 0 Å². The van der Waals surface area contributed by atoms with Gasteiger partial charge in [0.25, 0.3) is 0 Å². The number of fused-ring (bicyclic) bond motifs is 1. The van der Waals surface area contributed by atoms with E-state index in [1.54, 1.807) is 32.0 Å². The highest BCUT2D eigenvalue weighted by Gasteiger charge is 2.34. The van der Waals surface area contributed by atoms with Gasteiger partial charge in [-0.1, -0.05) is 12.1 Å². The number of hydrogen-bond donors (Lipinski definition) is 0. The highest BCUT2D eigenvalue weighted by molar-refractivity contribution is 5.94. The van der Waals surface area contributed by atoms with Crippen molar-refractivity contribution in [2.75, 3.05) is 0 Å². The second-order valence-electron chi connectivity index (χ2n) is 4.06. The Labute approximate surface area is 93.2 Å². The second-order valence-corrected chi connectivity index (χ2v) is 4.06. The molecule has 0 aliphatic carbocycles. The number of carbonyl (C=O) groups excluding carboxylic acids is 2. The lowest BCUT2D eigenvalue weighted by Crippen LogP contribution is -2.39. The van der Waals surface area contributed by atoms with Gasteiger partial charge in [0.05, 0.1) is 0 Å². The average molecular weight is 220 g/mol. The molecule has 0 amide bonds. The van der Waals surface area contributed by atoms with E-state index in [2.05, 4.69) is 0 Å². The molecule has 2 rings (SSSR count). The van der Waals surface area contributed by atoms with E-state index in [9.17, 15) is 9.59 Å². The topological polar surface area (TPSA) is 52.6 Å². The monoisotopic (exact) mass is 220 g/mol. The summed E-state index contributed by atoms with van der Waals surface area (Å²) in [6, 6.07) is 5.10. The van der Waals surface area contributed by atoms with Gasteiger partial charge in [-0.3, -0.25) is 0 Å². The van der Waals surface area contributed by atoms with Crippen molar-refractivity contribution in [2.24, 2.45) is 0 Å². The van der Waals surface area contributed by atoms with E-state index in [0.717, 1.165) is 6.29 Å². The lowest BCUT2D eigenvalue weighted by atomic mass is 10.1. The van der Waals surface area contributed by atoms with Gasteiger partial charge in [-0.2, -0.15) is 0 Å². The minimum absolute atomic E-state index is 0.229. The maximum absolute atomic E-state index is 11.7. The molecular weight excluding hydrogens is 208 g/mol. The number of para-hydroxylation sites is 1. The fraction of sp³-hybridized carbons (Fsp3) is 0.333. The van der Waals surface area contributed by atoms with Crippen LogP contribution in [0.2, 0.25) is 0 Å². The van der Waals surface area contributed by atoms with Crippen LogP contribution in [0.3, 0.4) is 0 Å². The molecule has 0 atom stereocenters. The molecule has 1 aromatic carbocycles. The number of benzene rings is 1. The molecular formula is C12H12O4. The predicted molar refractivity (Wildman–Crippen MR) is 56.3 cm³/mol. The van der Waals surface area contributed by atoms with Gasteiger partial charge in [-0.15, -0.1) is 0 Å². The smallest absolute Gasteiger partial charge is 0.345 e. The minimum Gasteiger partial charge on any atom is -0.452 e. The molecule has 1 heterocycles. The third-order valence-corrected chi connectivity index (χ3v) is 2.31. The van der Waals surface area contributed by atoms with Crippen molar-refractivity contribution >= 4 is 12.3 Å². The second kappa shape index (κ2) is 3.63. The van der Waals surface area contributed by atoms with E-state index in [0.29, 0.717) is 16.9 Å². The van der Waals surface area contributed by atoms with Crippen LogP contribution in [0.15, 0.2) is 18.2 Å². The number of hydrogen-bond acceptors (Lipinski definition) is 4. The first-order chi connectivity index (χ1) is 7.53. The average Bonchev–Trinajstić information content (AvgIpc) is 2.18. The van der Waals surface area contributed by atoms with Crippen LogP contribution >= 0.6 is 0 Å².